The Balaban J connectivity index is 0.00000280. The first kappa shape index (κ1) is 22.3. The second kappa shape index (κ2) is 13.2. The maximum absolute atomic E-state index is 5.38. The number of hydrogen-bond acceptors (Lipinski definition) is 4. The summed E-state index contributed by atoms with van der Waals surface area (Å²) in [6.45, 7) is 2.13. The second-order valence-electron chi connectivity index (χ2n) is 5.83. The van der Waals surface area contributed by atoms with Gasteiger partial charge in [0, 0.05) is 36.4 Å². The minimum Gasteiger partial charge on any atom is -0.469 e. The fourth-order valence-corrected chi connectivity index (χ4v) is 3.23. The predicted molar refractivity (Wildman–Crippen MR) is 126 cm³/mol. The summed E-state index contributed by atoms with van der Waals surface area (Å²) >= 11 is 1.83. The van der Waals surface area contributed by atoms with Gasteiger partial charge < -0.3 is 15.1 Å². The van der Waals surface area contributed by atoms with Crippen molar-refractivity contribution in [3.05, 3.63) is 84.6 Å². The summed E-state index contributed by atoms with van der Waals surface area (Å²) in [4.78, 5) is 10.3. The van der Waals surface area contributed by atoms with Crippen molar-refractivity contribution in [1.29, 1.82) is 0 Å². The zero-order valence-electron chi connectivity index (χ0n) is 15.6. The van der Waals surface area contributed by atoms with Crippen molar-refractivity contribution < 1.29 is 4.42 Å². The fourth-order valence-electron chi connectivity index (χ4n) is 2.44. The number of thioether (sulfide) groups is 1. The van der Waals surface area contributed by atoms with Crippen LogP contribution in [0.1, 0.15) is 11.5 Å². The zero-order chi connectivity index (χ0) is 18.6. The predicted octanol–water partition coefficient (Wildman–Crippen LogP) is 4.36. The van der Waals surface area contributed by atoms with Crippen molar-refractivity contribution in [3.8, 4) is 0 Å². The number of rotatable bonds is 9. The number of nitrogens with zero attached hydrogens (tertiary/aromatic N) is 2. The third kappa shape index (κ3) is 8.35. The Labute approximate surface area is 187 Å². The van der Waals surface area contributed by atoms with Crippen LogP contribution in [-0.4, -0.2) is 29.8 Å². The number of pyridine rings is 1. The van der Waals surface area contributed by atoms with E-state index in [0.29, 0.717) is 6.54 Å². The fraction of sp³-hybridized carbons (Fsp3) is 0.238. The molecule has 0 fully saturated rings. The number of guanidine groups is 1. The van der Waals surface area contributed by atoms with Gasteiger partial charge in [-0.2, -0.15) is 0 Å². The summed E-state index contributed by atoms with van der Waals surface area (Å²) in [5, 5.41) is 6.77. The first-order valence-electron chi connectivity index (χ1n) is 9.02. The van der Waals surface area contributed by atoms with Gasteiger partial charge in [-0.3, -0.25) is 4.98 Å². The molecule has 0 saturated carbocycles. The lowest BCUT2D eigenvalue weighted by Crippen LogP contribution is -2.39. The molecule has 2 N–H and O–H groups in total. The number of benzene rings is 1. The van der Waals surface area contributed by atoms with Gasteiger partial charge in [0.2, 0.25) is 0 Å². The standard InChI is InChI=1S/C21H24N4OS.HI/c1-2-9-20(10-3-1)27-16-14-24-21(23-13-11-19-8-6-15-26-19)25-17-18-7-4-5-12-22-18;/h1-10,12,15H,11,13-14,16-17H2,(H2,23,24,25);1H. The van der Waals surface area contributed by atoms with E-state index in [1.807, 2.05) is 48.2 Å². The largest absolute Gasteiger partial charge is 0.469 e. The SMILES string of the molecule is I.c1ccc(SCCNC(=NCc2ccccn2)NCCc2ccco2)cc1. The van der Waals surface area contributed by atoms with Crippen LogP contribution in [0.2, 0.25) is 0 Å². The van der Waals surface area contributed by atoms with Crippen LogP contribution in [0.4, 0.5) is 0 Å². The molecule has 5 nitrogen and oxygen atoms in total. The van der Waals surface area contributed by atoms with Crippen LogP contribution in [0.15, 0.2) is 87.4 Å². The van der Waals surface area contributed by atoms with Crippen molar-refractivity contribution in [3.63, 3.8) is 0 Å². The van der Waals surface area contributed by atoms with E-state index in [4.69, 9.17) is 4.42 Å². The molecule has 0 aliphatic heterocycles. The zero-order valence-corrected chi connectivity index (χ0v) is 18.7. The van der Waals surface area contributed by atoms with Gasteiger partial charge in [-0.05, 0) is 36.4 Å². The molecule has 0 spiro atoms. The lowest BCUT2D eigenvalue weighted by atomic mass is 10.3. The van der Waals surface area contributed by atoms with Crippen LogP contribution >= 0.6 is 35.7 Å². The van der Waals surface area contributed by atoms with Gasteiger partial charge in [-0.25, -0.2) is 4.99 Å². The molecule has 0 saturated heterocycles. The van der Waals surface area contributed by atoms with Gasteiger partial charge in [-0.1, -0.05) is 24.3 Å². The van der Waals surface area contributed by atoms with E-state index in [1.165, 1.54) is 4.90 Å². The van der Waals surface area contributed by atoms with Crippen molar-refractivity contribution in [2.45, 2.75) is 17.9 Å². The number of halogens is 1. The quantitative estimate of drug-likeness (QED) is 0.148. The van der Waals surface area contributed by atoms with E-state index in [1.54, 1.807) is 12.5 Å². The highest BCUT2D eigenvalue weighted by Gasteiger charge is 2.01. The number of aliphatic imine (C=N–C) groups is 1. The van der Waals surface area contributed by atoms with Crippen molar-refractivity contribution in [2.24, 2.45) is 4.99 Å². The molecule has 0 unspecified atom stereocenters. The molecule has 28 heavy (non-hydrogen) atoms. The molecule has 0 amide bonds. The number of hydrogen-bond donors (Lipinski definition) is 2. The van der Waals surface area contributed by atoms with Gasteiger partial charge in [0.25, 0.3) is 0 Å². The molecule has 2 aromatic heterocycles. The molecule has 0 bridgehead atoms. The summed E-state index contributed by atoms with van der Waals surface area (Å²) in [6, 6.07) is 20.2. The van der Waals surface area contributed by atoms with Crippen LogP contribution in [0.5, 0.6) is 0 Å². The Hall–Kier alpha value is -2.00. The monoisotopic (exact) mass is 508 g/mol. The number of nitrogens with one attached hydrogen (secondary N) is 2. The van der Waals surface area contributed by atoms with E-state index in [0.717, 1.165) is 42.7 Å². The van der Waals surface area contributed by atoms with Crippen LogP contribution in [0.3, 0.4) is 0 Å². The summed E-state index contributed by atoms with van der Waals surface area (Å²) in [5.41, 5.74) is 0.947. The Morgan fingerprint density at radius 2 is 1.79 bits per heavy atom. The lowest BCUT2D eigenvalue weighted by molar-refractivity contribution is 0.507. The molecular formula is C21H25IN4OS. The minimum atomic E-state index is 0. The molecule has 7 heteroatoms. The summed E-state index contributed by atoms with van der Waals surface area (Å²) in [5.74, 6) is 2.72. The summed E-state index contributed by atoms with van der Waals surface area (Å²) in [7, 11) is 0. The van der Waals surface area contributed by atoms with Crippen LogP contribution < -0.4 is 10.6 Å². The molecule has 3 aromatic rings. The van der Waals surface area contributed by atoms with Crippen molar-refractivity contribution in [2.75, 3.05) is 18.8 Å². The molecule has 148 valence electrons. The molecule has 1 aromatic carbocycles. The average Bonchev–Trinajstić information content (AvgIpc) is 3.24. The van der Waals surface area contributed by atoms with E-state index in [2.05, 4.69) is 44.9 Å². The average molecular weight is 508 g/mol. The minimum absolute atomic E-state index is 0. The van der Waals surface area contributed by atoms with Gasteiger partial charge in [0.1, 0.15) is 5.76 Å². The highest BCUT2D eigenvalue weighted by atomic mass is 127. The lowest BCUT2D eigenvalue weighted by Gasteiger charge is -2.12. The summed E-state index contributed by atoms with van der Waals surface area (Å²) < 4.78 is 5.38. The third-order valence-electron chi connectivity index (χ3n) is 3.78. The third-order valence-corrected chi connectivity index (χ3v) is 4.79. The van der Waals surface area contributed by atoms with Gasteiger partial charge in [0.05, 0.1) is 18.5 Å². The van der Waals surface area contributed by atoms with Crippen molar-refractivity contribution >= 4 is 41.7 Å². The topological polar surface area (TPSA) is 62.5 Å². The Bertz CT molecular complexity index is 798. The molecule has 0 atom stereocenters. The normalized spacial score (nSPS) is 10.9. The first-order valence-corrected chi connectivity index (χ1v) is 10.0. The highest BCUT2D eigenvalue weighted by molar-refractivity contribution is 14.0. The summed E-state index contributed by atoms with van der Waals surface area (Å²) in [6.07, 6.45) is 4.30. The van der Waals surface area contributed by atoms with Gasteiger partial charge in [-0.15, -0.1) is 35.7 Å². The molecule has 2 heterocycles. The number of furan rings is 1. The van der Waals surface area contributed by atoms with E-state index in [9.17, 15) is 0 Å². The Kier molecular flexibility index (Phi) is 10.5. The Morgan fingerprint density at radius 3 is 2.54 bits per heavy atom. The van der Waals surface area contributed by atoms with E-state index >= 15 is 0 Å². The van der Waals surface area contributed by atoms with E-state index in [-0.39, 0.29) is 24.0 Å². The van der Waals surface area contributed by atoms with Crippen LogP contribution in [0.25, 0.3) is 0 Å². The first-order chi connectivity index (χ1) is 13.4. The molecule has 3 rings (SSSR count). The molecule has 0 aliphatic carbocycles. The van der Waals surface area contributed by atoms with Crippen molar-refractivity contribution in [1.82, 2.24) is 15.6 Å². The second-order valence-corrected chi connectivity index (χ2v) is 7.00. The van der Waals surface area contributed by atoms with Crippen LogP contribution in [0, 0.1) is 0 Å². The highest BCUT2D eigenvalue weighted by Crippen LogP contribution is 2.15. The molecule has 0 aliphatic rings. The maximum atomic E-state index is 5.38. The van der Waals surface area contributed by atoms with Crippen LogP contribution in [-0.2, 0) is 13.0 Å². The Morgan fingerprint density at radius 1 is 0.964 bits per heavy atom. The van der Waals surface area contributed by atoms with E-state index < -0.39 is 0 Å². The maximum Gasteiger partial charge on any atom is 0.191 e. The number of aromatic nitrogens is 1. The van der Waals surface area contributed by atoms with Gasteiger partial charge in [0.15, 0.2) is 5.96 Å². The molecular weight excluding hydrogens is 483 g/mol. The van der Waals surface area contributed by atoms with Gasteiger partial charge >= 0.3 is 0 Å². The molecule has 0 radical (unpaired) electrons. The smallest absolute Gasteiger partial charge is 0.191 e.